The lowest BCUT2D eigenvalue weighted by Gasteiger charge is -2.04. The molecule has 0 bridgehead atoms. The van der Waals surface area contributed by atoms with E-state index in [4.69, 9.17) is 0 Å². The third-order valence-electron chi connectivity index (χ3n) is 2.20. The summed E-state index contributed by atoms with van der Waals surface area (Å²) in [7, 11) is -3.52. The Labute approximate surface area is 99.1 Å². The summed E-state index contributed by atoms with van der Waals surface area (Å²) >= 11 is 0. The Kier molecular flexibility index (Phi) is 3.21. The topological polar surface area (TPSA) is 87.7 Å². The minimum atomic E-state index is -3.52. The number of nitrogens with one attached hydrogen (secondary N) is 2. The van der Waals surface area contributed by atoms with E-state index in [9.17, 15) is 8.42 Å². The van der Waals surface area contributed by atoms with Gasteiger partial charge in [-0.15, -0.1) is 0 Å². The maximum atomic E-state index is 11.7. The van der Waals surface area contributed by atoms with Crippen LogP contribution in [0.3, 0.4) is 0 Å². The Balaban J connectivity index is 2.06. The van der Waals surface area contributed by atoms with Gasteiger partial charge in [-0.2, -0.15) is 5.10 Å². The number of nitrogens with zero attached hydrogens (tertiary/aromatic N) is 2. The van der Waals surface area contributed by atoms with Crippen LogP contribution in [0, 0.1) is 6.92 Å². The third-order valence-corrected chi connectivity index (χ3v) is 3.53. The van der Waals surface area contributed by atoms with Crippen LogP contribution < -0.4 is 4.72 Å². The van der Waals surface area contributed by atoms with Gasteiger partial charge in [0.2, 0.25) is 0 Å². The number of hydrogen-bond donors (Lipinski definition) is 2. The third kappa shape index (κ3) is 2.89. The van der Waals surface area contributed by atoms with Gasteiger partial charge in [-0.3, -0.25) is 10.1 Å². The lowest BCUT2D eigenvalue weighted by atomic mass is 10.2. The van der Waals surface area contributed by atoms with Crippen molar-refractivity contribution in [3.63, 3.8) is 0 Å². The van der Waals surface area contributed by atoms with Crippen LogP contribution in [-0.4, -0.2) is 23.6 Å². The summed E-state index contributed by atoms with van der Waals surface area (Å²) in [6.07, 6.45) is 3.03. The van der Waals surface area contributed by atoms with Gasteiger partial charge < -0.3 is 0 Å². The molecular formula is C10H12N4O2S. The van der Waals surface area contributed by atoms with Crippen LogP contribution >= 0.6 is 0 Å². The molecule has 90 valence electrons. The van der Waals surface area contributed by atoms with Crippen LogP contribution in [0.4, 0.5) is 0 Å². The second kappa shape index (κ2) is 4.64. The summed E-state index contributed by atoms with van der Waals surface area (Å²) in [6, 6.07) is 5.06. The summed E-state index contributed by atoms with van der Waals surface area (Å²) in [5, 5.41) is 6.06. The largest absolute Gasteiger partial charge is 0.266 e. The number of aromatic amines is 1. The first-order valence-electron chi connectivity index (χ1n) is 4.98. The van der Waals surface area contributed by atoms with E-state index in [1.54, 1.807) is 6.20 Å². The number of rotatable bonds is 4. The molecule has 0 fully saturated rings. The number of H-pyrrole nitrogens is 1. The highest BCUT2D eigenvalue weighted by atomic mass is 32.2. The molecular weight excluding hydrogens is 240 g/mol. The Hall–Kier alpha value is -1.73. The zero-order chi connectivity index (χ0) is 12.3. The Morgan fingerprint density at radius 2 is 2.18 bits per heavy atom. The molecule has 2 rings (SSSR count). The SMILES string of the molecule is Cc1ccc(CNS(=O)(=O)c2ccn[nH]2)cn1. The molecule has 2 aromatic rings. The van der Waals surface area contributed by atoms with E-state index in [1.807, 2.05) is 19.1 Å². The molecule has 2 heterocycles. The molecule has 6 nitrogen and oxygen atoms in total. The van der Waals surface area contributed by atoms with Gasteiger partial charge in [0.25, 0.3) is 10.0 Å². The fourth-order valence-electron chi connectivity index (χ4n) is 1.25. The van der Waals surface area contributed by atoms with Crippen LogP contribution in [0.25, 0.3) is 0 Å². The first kappa shape index (κ1) is 11.7. The van der Waals surface area contributed by atoms with Crippen molar-refractivity contribution in [3.8, 4) is 0 Å². The Morgan fingerprint density at radius 3 is 2.76 bits per heavy atom. The number of aryl methyl sites for hydroxylation is 1. The first-order valence-corrected chi connectivity index (χ1v) is 6.47. The van der Waals surface area contributed by atoms with Crippen LogP contribution in [-0.2, 0) is 16.6 Å². The van der Waals surface area contributed by atoms with Crippen molar-refractivity contribution >= 4 is 10.0 Å². The molecule has 0 unspecified atom stereocenters. The molecule has 0 aromatic carbocycles. The molecule has 0 atom stereocenters. The molecule has 2 aromatic heterocycles. The van der Waals surface area contributed by atoms with E-state index in [0.717, 1.165) is 11.3 Å². The van der Waals surface area contributed by atoms with E-state index in [0.29, 0.717) is 0 Å². The van der Waals surface area contributed by atoms with Gasteiger partial charge in [0.15, 0.2) is 5.03 Å². The van der Waals surface area contributed by atoms with Crippen LogP contribution in [0.2, 0.25) is 0 Å². The van der Waals surface area contributed by atoms with Crippen molar-refractivity contribution in [1.29, 1.82) is 0 Å². The molecule has 0 saturated heterocycles. The van der Waals surface area contributed by atoms with Crippen LogP contribution in [0.1, 0.15) is 11.3 Å². The molecule has 0 aliphatic heterocycles. The number of hydrogen-bond acceptors (Lipinski definition) is 4. The highest BCUT2D eigenvalue weighted by Crippen LogP contribution is 2.05. The van der Waals surface area contributed by atoms with Crippen molar-refractivity contribution in [1.82, 2.24) is 19.9 Å². The molecule has 0 radical (unpaired) electrons. The summed E-state index contributed by atoms with van der Waals surface area (Å²) in [5.41, 5.74) is 1.70. The average Bonchev–Trinajstić information content (AvgIpc) is 2.82. The zero-order valence-electron chi connectivity index (χ0n) is 9.21. The second-order valence-electron chi connectivity index (χ2n) is 3.55. The van der Waals surface area contributed by atoms with Gasteiger partial charge in [-0.1, -0.05) is 6.07 Å². The molecule has 7 heteroatoms. The monoisotopic (exact) mass is 252 g/mol. The zero-order valence-corrected chi connectivity index (χ0v) is 10.0. The standard InChI is InChI=1S/C10H12N4O2S/c1-8-2-3-9(6-11-8)7-13-17(15,16)10-4-5-12-14-10/h2-6,13H,7H2,1H3,(H,12,14). The summed E-state index contributed by atoms with van der Waals surface area (Å²) < 4.78 is 25.9. The van der Waals surface area contributed by atoms with Crippen molar-refractivity contribution in [2.45, 2.75) is 18.5 Å². The quantitative estimate of drug-likeness (QED) is 0.833. The predicted molar refractivity (Wildman–Crippen MR) is 61.6 cm³/mol. The summed E-state index contributed by atoms with van der Waals surface area (Å²) in [4.78, 5) is 4.09. The molecule has 0 aliphatic rings. The Bertz CT molecular complexity index is 575. The van der Waals surface area contributed by atoms with Crippen molar-refractivity contribution in [2.24, 2.45) is 0 Å². The van der Waals surface area contributed by atoms with Crippen molar-refractivity contribution in [2.75, 3.05) is 0 Å². The second-order valence-corrected chi connectivity index (χ2v) is 5.29. The maximum Gasteiger partial charge on any atom is 0.257 e. The summed E-state index contributed by atoms with van der Waals surface area (Å²) in [5.74, 6) is 0. The van der Waals surface area contributed by atoms with Gasteiger partial charge in [-0.25, -0.2) is 13.1 Å². The van der Waals surface area contributed by atoms with E-state index >= 15 is 0 Å². The normalized spacial score (nSPS) is 11.6. The highest BCUT2D eigenvalue weighted by Gasteiger charge is 2.14. The summed E-state index contributed by atoms with van der Waals surface area (Å²) in [6.45, 7) is 2.08. The van der Waals surface area contributed by atoms with Gasteiger partial charge in [-0.05, 0) is 24.6 Å². The fraction of sp³-hybridized carbons (Fsp3) is 0.200. The van der Waals surface area contributed by atoms with E-state index in [2.05, 4.69) is 19.9 Å². The smallest absolute Gasteiger partial charge is 0.257 e. The minimum absolute atomic E-state index is 0.0533. The number of sulfonamides is 1. The van der Waals surface area contributed by atoms with Gasteiger partial charge in [0.05, 0.1) is 6.20 Å². The average molecular weight is 252 g/mol. The van der Waals surface area contributed by atoms with Crippen molar-refractivity contribution < 1.29 is 8.42 Å². The number of pyridine rings is 1. The van der Waals surface area contributed by atoms with Gasteiger partial charge in [0.1, 0.15) is 0 Å². The molecule has 2 N–H and O–H groups in total. The number of aromatic nitrogens is 3. The molecule has 0 amide bonds. The highest BCUT2D eigenvalue weighted by molar-refractivity contribution is 7.89. The lowest BCUT2D eigenvalue weighted by molar-refractivity contribution is 0.577. The van der Waals surface area contributed by atoms with Crippen molar-refractivity contribution in [3.05, 3.63) is 41.9 Å². The lowest BCUT2D eigenvalue weighted by Crippen LogP contribution is -2.23. The van der Waals surface area contributed by atoms with Gasteiger partial charge >= 0.3 is 0 Å². The van der Waals surface area contributed by atoms with E-state index in [-0.39, 0.29) is 11.6 Å². The first-order chi connectivity index (χ1) is 8.08. The molecule has 17 heavy (non-hydrogen) atoms. The van der Waals surface area contributed by atoms with Crippen LogP contribution in [0.5, 0.6) is 0 Å². The van der Waals surface area contributed by atoms with E-state index < -0.39 is 10.0 Å². The van der Waals surface area contributed by atoms with E-state index in [1.165, 1.54) is 12.3 Å². The Morgan fingerprint density at radius 1 is 1.35 bits per heavy atom. The molecule has 0 spiro atoms. The molecule has 0 saturated carbocycles. The minimum Gasteiger partial charge on any atom is -0.266 e. The molecule has 0 aliphatic carbocycles. The fourth-order valence-corrected chi connectivity index (χ4v) is 2.18. The van der Waals surface area contributed by atoms with Crippen LogP contribution in [0.15, 0.2) is 35.6 Å². The predicted octanol–water partition coefficient (Wildman–Crippen LogP) is 0.592. The van der Waals surface area contributed by atoms with Gasteiger partial charge in [0, 0.05) is 18.4 Å². The maximum absolute atomic E-state index is 11.7.